The topological polar surface area (TPSA) is 79.8 Å². The number of hydrogen-bond donors (Lipinski definition) is 2. The van der Waals surface area contributed by atoms with Crippen LogP contribution in [0.5, 0.6) is 5.75 Å². The second-order valence-electron chi connectivity index (χ2n) is 7.46. The number of rotatable bonds is 7. The third-order valence-electron chi connectivity index (χ3n) is 4.93. The van der Waals surface area contributed by atoms with Crippen LogP contribution >= 0.6 is 23.2 Å². The zero-order valence-electron chi connectivity index (χ0n) is 17.9. The van der Waals surface area contributed by atoms with E-state index in [4.69, 9.17) is 27.9 Å². The molecule has 166 valence electrons. The first kappa shape index (κ1) is 23.6. The minimum atomic E-state index is -0.819. The number of hydrogen-bond acceptors (Lipinski definition) is 4. The Bertz CT molecular complexity index is 1180. The van der Waals surface area contributed by atoms with E-state index >= 15 is 0 Å². The van der Waals surface area contributed by atoms with Gasteiger partial charge >= 0.3 is 0 Å². The summed E-state index contributed by atoms with van der Waals surface area (Å²) >= 11 is 12.0. The lowest BCUT2D eigenvalue weighted by Gasteiger charge is -2.20. The summed E-state index contributed by atoms with van der Waals surface area (Å²) in [5.41, 5.74) is 3.49. The Hall–Kier alpha value is -3.09. The number of ether oxygens (including phenoxy) is 1. The van der Waals surface area contributed by atoms with E-state index in [0.717, 1.165) is 16.3 Å². The van der Waals surface area contributed by atoms with Crippen molar-refractivity contribution in [1.29, 1.82) is 0 Å². The predicted octanol–water partition coefficient (Wildman–Crippen LogP) is 5.06. The Balaban J connectivity index is 1.77. The van der Waals surface area contributed by atoms with E-state index in [9.17, 15) is 9.59 Å². The normalized spacial score (nSPS) is 12.2. The van der Waals surface area contributed by atoms with Gasteiger partial charge in [-0.3, -0.25) is 9.59 Å². The maximum Gasteiger partial charge on any atom is 0.262 e. The van der Waals surface area contributed by atoms with Crippen LogP contribution in [0.3, 0.4) is 0 Å². The molecule has 0 aromatic heterocycles. The predicted molar refractivity (Wildman–Crippen MR) is 129 cm³/mol. The highest BCUT2D eigenvalue weighted by Gasteiger charge is 2.25. The molecule has 0 aliphatic rings. The molecule has 0 fully saturated rings. The van der Waals surface area contributed by atoms with Crippen LogP contribution in [0, 0.1) is 5.92 Å². The molecule has 0 bridgehead atoms. The maximum atomic E-state index is 12.8. The number of fused-ring (bicyclic) bond motifs is 1. The molecule has 3 aromatic rings. The van der Waals surface area contributed by atoms with Crippen molar-refractivity contribution in [2.75, 3.05) is 7.11 Å². The minimum absolute atomic E-state index is 0.188. The second kappa shape index (κ2) is 10.5. The quantitative estimate of drug-likeness (QED) is 0.373. The first-order valence-electron chi connectivity index (χ1n) is 9.96. The molecule has 32 heavy (non-hydrogen) atoms. The fourth-order valence-electron chi connectivity index (χ4n) is 3.24. The zero-order valence-corrected chi connectivity index (χ0v) is 19.4. The lowest BCUT2D eigenvalue weighted by atomic mass is 10.0. The lowest BCUT2D eigenvalue weighted by molar-refractivity contribution is -0.123. The van der Waals surface area contributed by atoms with Crippen molar-refractivity contribution in [1.82, 2.24) is 10.7 Å². The van der Waals surface area contributed by atoms with Crippen LogP contribution < -0.4 is 15.5 Å². The summed E-state index contributed by atoms with van der Waals surface area (Å²) in [6.45, 7) is 3.65. The minimum Gasteiger partial charge on any atom is -0.496 e. The number of carbonyl (C=O) groups is 2. The Morgan fingerprint density at radius 1 is 1.06 bits per heavy atom. The molecule has 0 heterocycles. The molecule has 6 nitrogen and oxygen atoms in total. The summed E-state index contributed by atoms with van der Waals surface area (Å²) < 4.78 is 5.44. The van der Waals surface area contributed by atoms with Gasteiger partial charge in [0.2, 0.25) is 0 Å². The zero-order chi connectivity index (χ0) is 23.3. The van der Waals surface area contributed by atoms with E-state index in [1.54, 1.807) is 13.2 Å². The number of halogens is 2. The number of methoxy groups -OCH3 is 1. The average molecular weight is 472 g/mol. The van der Waals surface area contributed by atoms with E-state index < -0.39 is 17.9 Å². The van der Waals surface area contributed by atoms with Gasteiger partial charge in [-0.15, -0.1) is 0 Å². The molecule has 3 aromatic carbocycles. The summed E-state index contributed by atoms with van der Waals surface area (Å²) in [6, 6.07) is 15.3. The fourth-order valence-corrected chi connectivity index (χ4v) is 3.74. The van der Waals surface area contributed by atoms with Crippen LogP contribution in [0.4, 0.5) is 0 Å². The molecular formula is C24H23Cl2N3O3. The summed E-state index contributed by atoms with van der Waals surface area (Å²) in [4.78, 5) is 25.4. The Kier molecular flexibility index (Phi) is 7.72. The Morgan fingerprint density at radius 2 is 1.81 bits per heavy atom. The van der Waals surface area contributed by atoms with Gasteiger partial charge in [-0.2, -0.15) is 5.10 Å². The van der Waals surface area contributed by atoms with Crippen molar-refractivity contribution >= 4 is 52.0 Å². The van der Waals surface area contributed by atoms with Gasteiger partial charge < -0.3 is 10.1 Å². The third-order valence-corrected chi connectivity index (χ3v) is 5.48. The Morgan fingerprint density at radius 3 is 2.50 bits per heavy atom. The summed E-state index contributed by atoms with van der Waals surface area (Å²) in [6.07, 6.45) is 1.54. The van der Waals surface area contributed by atoms with Crippen LogP contribution in [0.25, 0.3) is 10.8 Å². The molecule has 1 atom stereocenters. The van der Waals surface area contributed by atoms with Crippen LogP contribution in [0.2, 0.25) is 10.0 Å². The first-order valence-corrected chi connectivity index (χ1v) is 10.7. The highest BCUT2D eigenvalue weighted by Crippen LogP contribution is 2.26. The van der Waals surface area contributed by atoms with Crippen molar-refractivity contribution in [2.24, 2.45) is 11.0 Å². The van der Waals surface area contributed by atoms with Crippen molar-refractivity contribution in [2.45, 2.75) is 19.9 Å². The van der Waals surface area contributed by atoms with E-state index in [1.165, 1.54) is 18.3 Å². The molecule has 0 spiro atoms. The van der Waals surface area contributed by atoms with E-state index in [-0.39, 0.29) is 16.5 Å². The maximum absolute atomic E-state index is 12.8. The average Bonchev–Trinajstić information content (AvgIpc) is 2.77. The molecule has 8 heteroatoms. The molecule has 0 aliphatic carbocycles. The highest BCUT2D eigenvalue weighted by atomic mass is 35.5. The Labute approximate surface area is 196 Å². The summed E-state index contributed by atoms with van der Waals surface area (Å²) in [7, 11) is 1.58. The van der Waals surface area contributed by atoms with Gasteiger partial charge in [0.15, 0.2) is 0 Å². The van der Waals surface area contributed by atoms with Crippen LogP contribution in [-0.4, -0.2) is 31.2 Å². The van der Waals surface area contributed by atoms with Crippen molar-refractivity contribution < 1.29 is 14.3 Å². The van der Waals surface area contributed by atoms with Gasteiger partial charge in [-0.05, 0) is 41.0 Å². The number of benzene rings is 3. The standard InChI is InChI=1S/C24H23Cl2N3O3/c1-14(2)22(28-23(30)18-10-9-16(25)12-20(18)26)24(31)29-27-13-19-17-7-5-4-6-15(17)8-11-21(19)32-3/h4-14,22H,1-3H3,(H,28,30)(H,29,31). The van der Waals surface area contributed by atoms with Gasteiger partial charge in [0.1, 0.15) is 11.8 Å². The van der Waals surface area contributed by atoms with Gasteiger partial charge in [0.25, 0.3) is 11.8 Å². The number of amides is 2. The molecule has 0 radical (unpaired) electrons. The molecular weight excluding hydrogens is 449 g/mol. The second-order valence-corrected chi connectivity index (χ2v) is 8.30. The number of nitrogens with zero attached hydrogens (tertiary/aromatic N) is 1. The highest BCUT2D eigenvalue weighted by molar-refractivity contribution is 6.36. The van der Waals surface area contributed by atoms with Gasteiger partial charge in [0.05, 0.1) is 23.9 Å². The lowest BCUT2D eigenvalue weighted by Crippen LogP contribution is -2.48. The fraction of sp³-hybridized carbons (Fsp3) is 0.208. The number of hydrazone groups is 1. The van der Waals surface area contributed by atoms with Crippen molar-refractivity contribution in [3.05, 3.63) is 75.8 Å². The summed E-state index contributed by atoms with van der Waals surface area (Å²) in [5.74, 6) is -0.478. The van der Waals surface area contributed by atoms with Crippen LogP contribution in [0.1, 0.15) is 29.8 Å². The monoisotopic (exact) mass is 471 g/mol. The van der Waals surface area contributed by atoms with Crippen LogP contribution in [-0.2, 0) is 4.79 Å². The first-order chi connectivity index (χ1) is 15.3. The molecule has 0 aliphatic heterocycles. The van der Waals surface area contributed by atoms with E-state index in [1.807, 2.05) is 50.2 Å². The largest absolute Gasteiger partial charge is 0.496 e. The van der Waals surface area contributed by atoms with E-state index in [0.29, 0.717) is 10.8 Å². The number of carbonyl (C=O) groups excluding carboxylic acids is 2. The third kappa shape index (κ3) is 5.39. The van der Waals surface area contributed by atoms with Gasteiger partial charge in [-0.1, -0.05) is 67.4 Å². The molecule has 2 amide bonds. The van der Waals surface area contributed by atoms with E-state index in [2.05, 4.69) is 15.8 Å². The number of nitrogens with one attached hydrogen (secondary N) is 2. The molecule has 2 N–H and O–H groups in total. The molecule has 0 saturated heterocycles. The van der Waals surface area contributed by atoms with Gasteiger partial charge in [0, 0.05) is 10.6 Å². The van der Waals surface area contributed by atoms with Crippen molar-refractivity contribution in [3.8, 4) is 5.75 Å². The molecule has 0 saturated carbocycles. The molecule has 3 rings (SSSR count). The SMILES string of the molecule is COc1ccc2ccccc2c1C=NNC(=O)C(NC(=O)c1ccc(Cl)cc1Cl)C(C)C. The van der Waals surface area contributed by atoms with Crippen molar-refractivity contribution in [3.63, 3.8) is 0 Å². The summed E-state index contributed by atoms with van der Waals surface area (Å²) in [5, 5.41) is 9.42. The van der Waals surface area contributed by atoms with Gasteiger partial charge in [-0.25, -0.2) is 5.43 Å². The van der Waals surface area contributed by atoms with Crippen LogP contribution in [0.15, 0.2) is 59.7 Å². The molecule has 1 unspecified atom stereocenters. The smallest absolute Gasteiger partial charge is 0.262 e.